The molecule has 0 unspecified atom stereocenters. The fourth-order valence-electron chi connectivity index (χ4n) is 7.66. The van der Waals surface area contributed by atoms with Gasteiger partial charge < -0.3 is 184 Å². The Kier molecular flexibility index (Phi) is 106. The zero-order chi connectivity index (χ0) is 79.9. The topological polar surface area (TPSA) is 360 Å². The molecule has 0 aromatic rings. The highest BCUT2D eigenvalue weighted by Gasteiger charge is 2.22. The lowest BCUT2D eigenvalue weighted by Crippen LogP contribution is -2.31. The SMILES string of the molecule is COCCOCCOCCOCCOCCOCCOCCOCCOCCOCCOCCOCOB(OCOCCOCCOCCOCCOCCOCCOCCOCCOCCOCCOCCOC)OCOCCOCCOCCOCCOCCOCCOCCOCCOCCOCCOCCOC. The van der Waals surface area contributed by atoms with E-state index in [2.05, 4.69) is 0 Å². The van der Waals surface area contributed by atoms with E-state index in [1.165, 1.54) is 0 Å². The second-order valence-electron chi connectivity index (χ2n) is 22.2. The van der Waals surface area contributed by atoms with Gasteiger partial charge in [-0.05, 0) is 0 Å². The van der Waals surface area contributed by atoms with Crippen molar-refractivity contribution in [1.82, 2.24) is 0 Å². The monoisotopic (exact) mass is 1650 g/mol. The Balaban J connectivity index is 4.02. The molecule has 0 aliphatic heterocycles. The summed E-state index contributed by atoms with van der Waals surface area (Å²) in [4.78, 5) is 0. The summed E-state index contributed by atoms with van der Waals surface area (Å²) < 4.78 is 214. The molecule has 112 heavy (non-hydrogen) atoms. The average Bonchev–Trinajstić information content (AvgIpc) is 1.05. The minimum atomic E-state index is -1.16. The van der Waals surface area contributed by atoms with Crippen LogP contribution in [0.15, 0.2) is 0 Å². The molecule has 0 spiro atoms. The predicted octanol–water partition coefficient (Wildman–Crippen LogP) is 0.381. The zero-order valence-corrected chi connectivity index (χ0v) is 68.3. The molecule has 0 aromatic carbocycles. The number of methoxy groups -OCH3 is 3. The van der Waals surface area contributed by atoms with Crippen molar-refractivity contribution in [2.75, 3.05) is 478 Å². The summed E-state index contributed by atoms with van der Waals surface area (Å²) in [5.74, 6) is 0. The van der Waals surface area contributed by atoms with Crippen LogP contribution in [0.25, 0.3) is 0 Å². The van der Waals surface area contributed by atoms with Crippen LogP contribution in [-0.2, 0) is 184 Å². The first kappa shape index (κ1) is 111. The first-order valence-corrected chi connectivity index (χ1v) is 39.2. The van der Waals surface area contributed by atoms with Gasteiger partial charge >= 0.3 is 7.32 Å². The van der Waals surface area contributed by atoms with Crippen LogP contribution in [0.4, 0.5) is 0 Å². The van der Waals surface area contributed by atoms with Gasteiger partial charge in [0.2, 0.25) is 0 Å². The maximum atomic E-state index is 5.64. The molecule has 0 N–H and O–H groups in total. The van der Waals surface area contributed by atoms with Crippen molar-refractivity contribution in [2.24, 2.45) is 0 Å². The molecule has 0 aliphatic carbocycles. The fourth-order valence-corrected chi connectivity index (χ4v) is 7.66. The van der Waals surface area contributed by atoms with E-state index in [1.54, 1.807) is 21.3 Å². The highest BCUT2D eigenvalue weighted by Crippen LogP contribution is 1.99. The second-order valence-corrected chi connectivity index (χ2v) is 22.2. The van der Waals surface area contributed by atoms with Gasteiger partial charge in [-0.15, -0.1) is 0 Å². The van der Waals surface area contributed by atoms with Crippen molar-refractivity contribution >= 4 is 7.32 Å². The molecule has 0 fully saturated rings. The minimum Gasteiger partial charge on any atom is -0.382 e. The van der Waals surface area contributed by atoms with Crippen molar-refractivity contribution in [3.8, 4) is 0 Å². The highest BCUT2D eigenvalue weighted by molar-refractivity contribution is 6.36. The van der Waals surface area contributed by atoms with Crippen LogP contribution in [0, 0.1) is 0 Å². The summed E-state index contributed by atoms with van der Waals surface area (Å²) in [7, 11) is 3.76. The first-order chi connectivity index (χ1) is 55.8. The van der Waals surface area contributed by atoms with Crippen molar-refractivity contribution < 1.29 is 184 Å². The molecule has 672 valence electrons. The second kappa shape index (κ2) is 108. The molecule has 0 aliphatic rings. The maximum Gasteiger partial charge on any atom is 0.644 e. The zero-order valence-electron chi connectivity index (χ0n) is 68.3. The molecule has 0 saturated heterocycles. The standard InChI is InChI=1S/C72H147BO39/c1-74-4-7-77-10-13-80-16-19-83-22-25-86-28-31-89-34-37-92-40-43-95-46-49-98-52-55-101-58-61-104-64-67-107-70-110-73(111-71-108-68-65-105-62-59-102-56-53-99-50-47-96-44-41-93-38-35-90-32-29-87-26-23-84-20-17-81-14-11-78-8-5-75-2)112-72-109-69-66-106-63-60-103-57-54-100-51-48-97-45-42-94-39-36-91-33-30-88-27-24-85-21-18-82-15-12-79-9-6-76-3/h4-72H2,1-3H3. The van der Waals surface area contributed by atoms with Gasteiger partial charge in [-0.1, -0.05) is 0 Å². The Bertz CT molecular complexity index is 1440. The number of rotatable bonds is 108. The van der Waals surface area contributed by atoms with E-state index in [0.29, 0.717) is 416 Å². The van der Waals surface area contributed by atoms with Crippen LogP contribution < -0.4 is 0 Å². The maximum absolute atomic E-state index is 5.64. The summed E-state index contributed by atoms with van der Waals surface area (Å²) in [5, 5.41) is 0. The smallest absolute Gasteiger partial charge is 0.382 e. The molecule has 40 heteroatoms. The van der Waals surface area contributed by atoms with E-state index in [0.717, 1.165) is 0 Å². The van der Waals surface area contributed by atoms with Gasteiger partial charge in [-0.25, -0.2) is 0 Å². The summed E-state index contributed by atoms with van der Waals surface area (Å²) in [6, 6.07) is 0. The third-order valence-electron chi connectivity index (χ3n) is 13.3. The minimum absolute atomic E-state index is 0.149. The van der Waals surface area contributed by atoms with Gasteiger partial charge in [-0.2, -0.15) is 0 Å². The molecule has 39 nitrogen and oxygen atoms in total. The molecule has 0 heterocycles. The Morgan fingerprint density at radius 1 is 0.0982 bits per heavy atom. The number of hydrogen-bond acceptors (Lipinski definition) is 39. The lowest BCUT2D eigenvalue weighted by atomic mass is 10.2. The molecule has 0 atom stereocenters. The van der Waals surface area contributed by atoms with E-state index < -0.39 is 7.32 Å². The molecule has 0 amide bonds. The lowest BCUT2D eigenvalue weighted by molar-refractivity contribution is -0.101. The Labute approximate surface area is 667 Å². The largest absolute Gasteiger partial charge is 0.644 e. The van der Waals surface area contributed by atoms with Crippen LogP contribution in [-0.4, -0.2) is 485 Å². The number of ether oxygens (including phenoxy) is 36. The predicted molar refractivity (Wildman–Crippen MR) is 402 cm³/mol. The third kappa shape index (κ3) is 105. The van der Waals surface area contributed by atoms with E-state index in [-0.39, 0.29) is 40.2 Å². The summed E-state index contributed by atoms with van der Waals surface area (Å²) in [6.45, 7) is 29.9. The molecule has 0 aromatic heterocycles. The van der Waals surface area contributed by atoms with Crippen LogP contribution in [0.3, 0.4) is 0 Å². The van der Waals surface area contributed by atoms with Crippen molar-refractivity contribution in [1.29, 1.82) is 0 Å². The lowest BCUT2D eigenvalue weighted by Gasteiger charge is -2.15. The van der Waals surface area contributed by atoms with Crippen LogP contribution in [0.2, 0.25) is 0 Å². The fraction of sp³-hybridized carbons (Fsp3) is 1.00. The Hall–Kier alpha value is -1.50. The van der Waals surface area contributed by atoms with Gasteiger partial charge in [0.25, 0.3) is 0 Å². The van der Waals surface area contributed by atoms with E-state index >= 15 is 0 Å². The third-order valence-corrected chi connectivity index (χ3v) is 13.3. The first-order valence-electron chi connectivity index (χ1n) is 39.2. The summed E-state index contributed by atoms with van der Waals surface area (Å²) in [6.07, 6.45) is 0. The highest BCUT2D eigenvalue weighted by atomic mass is 16.8. The molecule has 0 saturated carbocycles. The van der Waals surface area contributed by atoms with E-state index in [4.69, 9.17) is 184 Å². The number of hydrogen-bond donors (Lipinski definition) is 0. The van der Waals surface area contributed by atoms with Crippen molar-refractivity contribution in [2.45, 2.75) is 0 Å². The molecular formula is C72H147BO39. The quantitative estimate of drug-likeness (QED) is 0.0451. The summed E-state index contributed by atoms with van der Waals surface area (Å²) >= 11 is 0. The van der Waals surface area contributed by atoms with Gasteiger partial charge in [0, 0.05) is 21.3 Å². The van der Waals surface area contributed by atoms with Crippen LogP contribution in [0.5, 0.6) is 0 Å². The van der Waals surface area contributed by atoms with Crippen molar-refractivity contribution in [3.05, 3.63) is 0 Å². The summed E-state index contributed by atoms with van der Waals surface area (Å²) in [5.41, 5.74) is 0. The van der Waals surface area contributed by atoms with Crippen LogP contribution >= 0.6 is 0 Å². The molecule has 0 bridgehead atoms. The Morgan fingerprint density at radius 2 is 0.170 bits per heavy atom. The average molecular weight is 1650 g/mol. The van der Waals surface area contributed by atoms with Gasteiger partial charge in [0.05, 0.1) is 436 Å². The normalized spacial score (nSPS) is 11.8. The van der Waals surface area contributed by atoms with Gasteiger partial charge in [0.15, 0.2) is 0 Å². The molecule has 0 rings (SSSR count). The van der Waals surface area contributed by atoms with E-state index in [9.17, 15) is 0 Å². The molecule has 0 radical (unpaired) electrons. The van der Waals surface area contributed by atoms with Gasteiger partial charge in [-0.3, -0.25) is 0 Å². The van der Waals surface area contributed by atoms with Gasteiger partial charge in [0.1, 0.15) is 20.4 Å². The molecular weight excluding hydrogens is 1500 g/mol. The van der Waals surface area contributed by atoms with Crippen LogP contribution in [0.1, 0.15) is 0 Å². The van der Waals surface area contributed by atoms with Crippen molar-refractivity contribution in [3.63, 3.8) is 0 Å². The Morgan fingerprint density at radius 3 is 0.250 bits per heavy atom. The van der Waals surface area contributed by atoms with E-state index in [1.807, 2.05) is 0 Å².